The van der Waals surface area contributed by atoms with Gasteiger partial charge in [0.2, 0.25) is 0 Å². The Labute approximate surface area is 170 Å². The minimum absolute atomic E-state index is 0.0188. The van der Waals surface area contributed by atoms with Crippen molar-refractivity contribution in [2.75, 3.05) is 6.61 Å². The minimum Gasteiger partial charge on any atom is -0.508 e. The average Bonchev–Trinajstić information content (AvgIpc) is 2.63. The maximum atomic E-state index is 11.0. The number of allylic oxidation sites excluding steroid dienone is 3. The predicted octanol–water partition coefficient (Wildman–Crippen LogP) is 6.17. The molecule has 0 spiro atoms. The lowest BCUT2D eigenvalue weighted by molar-refractivity contribution is -0.0824. The first kappa shape index (κ1) is 21.4. The van der Waals surface area contributed by atoms with Gasteiger partial charge in [-0.1, -0.05) is 52.5 Å². The molecule has 0 unspecified atom stereocenters. The van der Waals surface area contributed by atoms with Crippen molar-refractivity contribution in [2.24, 2.45) is 11.3 Å². The van der Waals surface area contributed by atoms with E-state index in [-0.39, 0.29) is 29.6 Å². The molecule has 2 N–H and O–H groups in total. The highest BCUT2D eigenvalue weighted by Gasteiger charge is 2.45. The van der Waals surface area contributed by atoms with Crippen molar-refractivity contribution < 1.29 is 14.9 Å². The topological polar surface area (TPSA) is 49.7 Å². The molecule has 0 aromatic rings. The summed E-state index contributed by atoms with van der Waals surface area (Å²) in [6.45, 7) is 11.2. The summed E-state index contributed by atoms with van der Waals surface area (Å²) in [7, 11) is 0. The molecule has 3 aliphatic rings. The van der Waals surface area contributed by atoms with Crippen LogP contribution >= 0.6 is 0 Å². The lowest BCUT2D eigenvalue weighted by Gasteiger charge is -2.47. The number of rotatable bonds is 7. The van der Waals surface area contributed by atoms with Crippen molar-refractivity contribution in [1.82, 2.24) is 0 Å². The van der Waals surface area contributed by atoms with Crippen LogP contribution < -0.4 is 0 Å². The monoisotopic (exact) mass is 386 g/mol. The van der Waals surface area contributed by atoms with Crippen LogP contribution in [0.15, 0.2) is 46.3 Å². The van der Waals surface area contributed by atoms with E-state index < -0.39 is 0 Å². The van der Waals surface area contributed by atoms with Gasteiger partial charge in [0, 0.05) is 11.5 Å². The fourth-order valence-electron chi connectivity index (χ4n) is 5.05. The maximum absolute atomic E-state index is 11.0. The number of unbranched alkanes of at least 4 members (excludes halogenated alkanes) is 3. The standard InChI is InChI=1S/C25H38O3/c1-6-7-8-9-12-24(2,3)18-14-21(27)23-19-13-17(16-26)10-11-20(19)25(4,5)28-22(23)15-18/h10,14-15,20,22,26-27H,6-9,11-13,16H2,1-5H3/t20-,22-/m1/s1. The van der Waals surface area contributed by atoms with Gasteiger partial charge in [-0.15, -0.1) is 0 Å². The molecule has 28 heavy (non-hydrogen) atoms. The van der Waals surface area contributed by atoms with Crippen molar-refractivity contribution in [1.29, 1.82) is 0 Å². The van der Waals surface area contributed by atoms with E-state index in [4.69, 9.17) is 4.74 Å². The fourth-order valence-corrected chi connectivity index (χ4v) is 5.05. The smallest absolute Gasteiger partial charge is 0.121 e. The molecule has 0 aromatic heterocycles. The van der Waals surface area contributed by atoms with Crippen molar-refractivity contribution in [3.8, 4) is 0 Å². The van der Waals surface area contributed by atoms with E-state index in [1.165, 1.54) is 36.8 Å². The summed E-state index contributed by atoms with van der Waals surface area (Å²) < 4.78 is 6.53. The molecule has 2 atom stereocenters. The van der Waals surface area contributed by atoms with E-state index in [0.29, 0.717) is 5.76 Å². The number of hydrogen-bond acceptors (Lipinski definition) is 3. The lowest BCUT2D eigenvalue weighted by Crippen LogP contribution is -2.46. The van der Waals surface area contributed by atoms with E-state index in [0.717, 1.165) is 30.4 Å². The van der Waals surface area contributed by atoms with Crippen molar-refractivity contribution in [2.45, 2.75) is 91.3 Å². The van der Waals surface area contributed by atoms with Gasteiger partial charge in [-0.3, -0.25) is 0 Å². The Bertz CT molecular complexity index is 718. The molecule has 0 saturated carbocycles. The Kier molecular flexibility index (Phi) is 6.26. The highest BCUT2D eigenvalue weighted by Crippen LogP contribution is 2.49. The molecule has 1 heterocycles. The normalized spacial score (nSPS) is 26.9. The van der Waals surface area contributed by atoms with E-state index >= 15 is 0 Å². The van der Waals surface area contributed by atoms with Crippen LogP contribution in [0, 0.1) is 11.3 Å². The molecule has 0 aromatic carbocycles. The Morgan fingerprint density at radius 2 is 1.96 bits per heavy atom. The van der Waals surface area contributed by atoms with Crippen molar-refractivity contribution in [3.05, 3.63) is 46.3 Å². The zero-order chi connectivity index (χ0) is 20.5. The Morgan fingerprint density at radius 3 is 2.64 bits per heavy atom. The highest BCUT2D eigenvalue weighted by atomic mass is 16.5. The van der Waals surface area contributed by atoms with Crippen LogP contribution in [-0.4, -0.2) is 28.5 Å². The molecule has 156 valence electrons. The second-order valence-electron chi connectivity index (χ2n) is 9.91. The van der Waals surface area contributed by atoms with Gasteiger partial charge in [0.05, 0.1) is 12.2 Å². The predicted molar refractivity (Wildman–Crippen MR) is 115 cm³/mol. The van der Waals surface area contributed by atoms with Gasteiger partial charge in [-0.2, -0.15) is 0 Å². The van der Waals surface area contributed by atoms with Crippen LogP contribution in [0.3, 0.4) is 0 Å². The maximum Gasteiger partial charge on any atom is 0.121 e. The fraction of sp³-hybridized carbons (Fsp3) is 0.680. The van der Waals surface area contributed by atoms with Crippen LogP contribution in [0.1, 0.15) is 79.6 Å². The third-order valence-corrected chi connectivity index (χ3v) is 6.92. The van der Waals surface area contributed by atoms with Crippen LogP contribution in [0.5, 0.6) is 0 Å². The Morgan fingerprint density at radius 1 is 1.21 bits per heavy atom. The summed E-state index contributed by atoms with van der Waals surface area (Å²) in [5.41, 5.74) is 4.15. The van der Waals surface area contributed by atoms with Gasteiger partial charge in [-0.25, -0.2) is 0 Å². The van der Waals surface area contributed by atoms with E-state index in [2.05, 4.69) is 46.8 Å². The molecule has 1 aliphatic heterocycles. The highest BCUT2D eigenvalue weighted by molar-refractivity contribution is 5.51. The molecular weight excluding hydrogens is 348 g/mol. The van der Waals surface area contributed by atoms with E-state index in [1.807, 2.05) is 6.08 Å². The molecule has 3 nitrogen and oxygen atoms in total. The third-order valence-electron chi connectivity index (χ3n) is 6.92. The first-order valence-corrected chi connectivity index (χ1v) is 11.0. The van der Waals surface area contributed by atoms with E-state index in [1.54, 1.807) is 0 Å². The molecule has 0 saturated heterocycles. The number of aliphatic hydroxyl groups excluding tert-OH is 2. The quantitative estimate of drug-likeness (QED) is 0.406. The summed E-state index contributed by atoms with van der Waals surface area (Å²) in [5.74, 6) is 0.612. The summed E-state index contributed by atoms with van der Waals surface area (Å²) in [5, 5.41) is 20.6. The molecular formula is C25H38O3. The van der Waals surface area contributed by atoms with Gasteiger partial charge >= 0.3 is 0 Å². The molecule has 0 bridgehead atoms. The van der Waals surface area contributed by atoms with Gasteiger partial charge < -0.3 is 14.9 Å². The van der Waals surface area contributed by atoms with Gasteiger partial charge in [-0.05, 0) is 67.4 Å². The molecule has 0 fully saturated rings. The van der Waals surface area contributed by atoms with Crippen LogP contribution in [0.2, 0.25) is 0 Å². The second-order valence-corrected chi connectivity index (χ2v) is 9.91. The zero-order valence-corrected chi connectivity index (χ0v) is 18.3. The number of fused-ring (bicyclic) bond motifs is 2. The number of ether oxygens (including phenoxy) is 1. The lowest BCUT2D eigenvalue weighted by atomic mass is 9.68. The second kappa shape index (κ2) is 8.20. The Balaban J connectivity index is 1.91. The number of hydrogen-bond donors (Lipinski definition) is 2. The summed E-state index contributed by atoms with van der Waals surface area (Å²) >= 11 is 0. The summed E-state index contributed by atoms with van der Waals surface area (Å²) in [4.78, 5) is 0. The molecule has 0 radical (unpaired) electrons. The molecule has 3 heteroatoms. The van der Waals surface area contributed by atoms with Crippen LogP contribution in [0.25, 0.3) is 0 Å². The average molecular weight is 387 g/mol. The first-order chi connectivity index (χ1) is 13.2. The molecule has 0 amide bonds. The zero-order valence-electron chi connectivity index (χ0n) is 18.3. The third kappa shape index (κ3) is 4.16. The van der Waals surface area contributed by atoms with Crippen molar-refractivity contribution >= 4 is 0 Å². The molecule has 3 rings (SSSR count). The van der Waals surface area contributed by atoms with Gasteiger partial charge in [0.1, 0.15) is 11.9 Å². The summed E-state index contributed by atoms with van der Waals surface area (Å²) in [6, 6.07) is 0. The summed E-state index contributed by atoms with van der Waals surface area (Å²) in [6.07, 6.45) is 13.9. The van der Waals surface area contributed by atoms with Gasteiger partial charge in [0.15, 0.2) is 0 Å². The van der Waals surface area contributed by atoms with Crippen molar-refractivity contribution in [3.63, 3.8) is 0 Å². The first-order valence-electron chi connectivity index (χ1n) is 11.0. The Hall–Kier alpha value is -1.32. The van der Waals surface area contributed by atoms with E-state index in [9.17, 15) is 10.2 Å². The van der Waals surface area contributed by atoms with Crippen LogP contribution in [0.4, 0.5) is 0 Å². The van der Waals surface area contributed by atoms with Crippen LogP contribution in [-0.2, 0) is 4.74 Å². The minimum atomic E-state index is -0.286. The number of aliphatic hydroxyl groups is 2. The largest absolute Gasteiger partial charge is 0.508 e. The SMILES string of the molecule is CCCCCCC(C)(C)C1=C[C@H]2OC(C)(C)[C@@H]3CC=C(CO)CC3=C2C(O)=C1. The molecule has 2 aliphatic carbocycles. The van der Waals surface area contributed by atoms with Gasteiger partial charge in [0.25, 0.3) is 0 Å².